The molecule has 19 nitrogen and oxygen atoms in total. The Hall–Kier alpha value is -3.64. The summed E-state index contributed by atoms with van der Waals surface area (Å²) in [7, 11) is -5.20. The maximum Gasteiger partial charge on any atom is 0.469 e. The van der Waals surface area contributed by atoms with Crippen molar-refractivity contribution in [3.8, 4) is 0 Å². The standard InChI is InChI=1S/C25H45N6O13P/c1-5-12(3)19(27)23(37)31-20(13(4)6-2)24(38)30-16(11-44-45(41,42)43)22(36)28-14(7-9-17(26)32)21(35)29-15(25(39)40)8-10-18(33)34/h12-16,19-20H,5-11,27H2,1-4H3,(H2,26,32)(H,28,36)(H,29,35)(H,30,38)(H,31,37)(H,33,34)(H,39,40)(H2,41,42,43). The number of phosphoric acid groups is 1. The molecule has 0 fully saturated rings. The van der Waals surface area contributed by atoms with E-state index in [1.54, 1.807) is 20.8 Å². The number of hydrogen-bond acceptors (Lipinski definition) is 10. The molecule has 0 heterocycles. The Balaban J connectivity index is 6.19. The van der Waals surface area contributed by atoms with Crippen molar-refractivity contribution in [2.75, 3.05) is 6.61 Å². The first kappa shape index (κ1) is 41.4. The number of carboxylic acids is 2. The van der Waals surface area contributed by atoms with Crippen LogP contribution >= 0.6 is 7.82 Å². The molecule has 0 aromatic rings. The van der Waals surface area contributed by atoms with Gasteiger partial charge in [0.1, 0.15) is 24.2 Å². The van der Waals surface area contributed by atoms with Gasteiger partial charge in [-0.05, 0) is 24.7 Å². The van der Waals surface area contributed by atoms with Gasteiger partial charge in [0.25, 0.3) is 0 Å². The van der Waals surface area contributed by atoms with Crippen LogP contribution in [0, 0.1) is 11.8 Å². The minimum absolute atomic E-state index is 0.242. The number of rotatable bonds is 22. The van der Waals surface area contributed by atoms with Crippen molar-refractivity contribution in [1.29, 1.82) is 0 Å². The molecule has 5 amide bonds. The largest absolute Gasteiger partial charge is 0.481 e. The van der Waals surface area contributed by atoms with Crippen LogP contribution in [0.25, 0.3) is 0 Å². The fourth-order valence-corrected chi connectivity index (χ4v) is 4.05. The van der Waals surface area contributed by atoms with Crippen LogP contribution in [0.5, 0.6) is 0 Å². The molecule has 0 saturated carbocycles. The smallest absolute Gasteiger partial charge is 0.469 e. The second kappa shape index (κ2) is 19.7. The van der Waals surface area contributed by atoms with Crippen molar-refractivity contribution in [1.82, 2.24) is 21.3 Å². The summed E-state index contributed by atoms with van der Waals surface area (Å²) in [4.78, 5) is 104. The second-order valence-corrected chi connectivity index (χ2v) is 11.8. The first-order chi connectivity index (χ1) is 20.7. The molecule has 0 aromatic heterocycles. The lowest BCUT2D eigenvalue weighted by Gasteiger charge is -2.29. The van der Waals surface area contributed by atoms with Crippen molar-refractivity contribution in [3.63, 3.8) is 0 Å². The number of primary amides is 1. The highest BCUT2D eigenvalue weighted by Gasteiger charge is 2.35. The van der Waals surface area contributed by atoms with Gasteiger partial charge in [-0.3, -0.25) is 33.3 Å². The molecule has 0 spiro atoms. The molecule has 0 saturated heterocycles. The monoisotopic (exact) mass is 668 g/mol. The van der Waals surface area contributed by atoms with Crippen LogP contribution < -0.4 is 32.7 Å². The minimum Gasteiger partial charge on any atom is -0.481 e. The number of phosphoric ester groups is 1. The fourth-order valence-electron chi connectivity index (χ4n) is 3.71. The van der Waals surface area contributed by atoms with Gasteiger partial charge in [-0.15, -0.1) is 0 Å². The van der Waals surface area contributed by atoms with E-state index >= 15 is 0 Å². The summed E-state index contributed by atoms with van der Waals surface area (Å²) in [5.41, 5.74) is 11.1. The molecule has 258 valence electrons. The van der Waals surface area contributed by atoms with Gasteiger partial charge >= 0.3 is 19.8 Å². The van der Waals surface area contributed by atoms with Crippen molar-refractivity contribution in [3.05, 3.63) is 0 Å². The molecular weight excluding hydrogens is 623 g/mol. The predicted molar refractivity (Wildman–Crippen MR) is 156 cm³/mol. The first-order valence-corrected chi connectivity index (χ1v) is 15.7. The number of nitrogens with one attached hydrogen (secondary N) is 4. The van der Waals surface area contributed by atoms with Crippen LogP contribution in [0.1, 0.15) is 66.2 Å². The molecule has 20 heteroatoms. The third kappa shape index (κ3) is 16.3. The molecule has 0 radical (unpaired) electrons. The first-order valence-electron chi connectivity index (χ1n) is 14.1. The maximum absolute atomic E-state index is 13.3. The van der Waals surface area contributed by atoms with E-state index in [1.807, 2.05) is 6.92 Å². The van der Waals surface area contributed by atoms with Gasteiger partial charge in [-0.2, -0.15) is 0 Å². The molecule has 0 aromatic carbocycles. The third-order valence-electron chi connectivity index (χ3n) is 6.97. The molecule has 0 rings (SSSR count). The zero-order valence-corrected chi connectivity index (χ0v) is 26.5. The quantitative estimate of drug-likeness (QED) is 0.0541. The molecular formula is C25H45N6O13P. The van der Waals surface area contributed by atoms with Crippen LogP contribution in [-0.2, 0) is 42.7 Å². The zero-order chi connectivity index (χ0) is 35.1. The summed E-state index contributed by atoms with van der Waals surface area (Å²) in [5, 5.41) is 27.2. The topological polar surface area (TPSA) is 327 Å². The summed E-state index contributed by atoms with van der Waals surface area (Å²) in [6, 6.07) is -7.49. The molecule has 7 atom stereocenters. The molecule has 0 aliphatic heterocycles. The summed E-state index contributed by atoms with van der Waals surface area (Å²) in [5.74, 6) is -8.61. The Labute approximate surface area is 259 Å². The van der Waals surface area contributed by atoms with E-state index in [9.17, 15) is 53.0 Å². The van der Waals surface area contributed by atoms with Crippen LogP contribution in [0.4, 0.5) is 0 Å². The average molecular weight is 669 g/mol. The van der Waals surface area contributed by atoms with E-state index in [0.29, 0.717) is 12.8 Å². The van der Waals surface area contributed by atoms with Crippen LogP contribution in [0.15, 0.2) is 0 Å². The number of hydrogen-bond donors (Lipinski definition) is 10. The normalized spacial score (nSPS) is 16.1. The number of carbonyl (C=O) groups excluding carboxylic acids is 5. The van der Waals surface area contributed by atoms with Crippen molar-refractivity contribution in [2.45, 2.75) is 96.4 Å². The third-order valence-corrected chi connectivity index (χ3v) is 7.45. The SMILES string of the molecule is CCC(C)C(N)C(=O)NC(C(=O)NC(COP(=O)(O)O)C(=O)NC(CCC(N)=O)C(=O)NC(CCC(=O)O)C(=O)O)C(C)CC. The van der Waals surface area contributed by atoms with Gasteiger partial charge in [0, 0.05) is 12.8 Å². The fraction of sp³-hybridized carbons (Fsp3) is 0.720. The van der Waals surface area contributed by atoms with Crippen molar-refractivity contribution in [2.24, 2.45) is 23.3 Å². The average Bonchev–Trinajstić information content (AvgIpc) is 2.95. The predicted octanol–water partition coefficient (Wildman–Crippen LogP) is -2.33. The number of nitrogens with two attached hydrogens (primary N) is 2. The highest BCUT2D eigenvalue weighted by Crippen LogP contribution is 2.35. The van der Waals surface area contributed by atoms with Crippen molar-refractivity contribution >= 4 is 49.3 Å². The summed E-state index contributed by atoms with van der Waals surface area (Å²) in [6.07, 6.45) is -1.18. The van der Waals surface area contributed by atoms with Gasteiger partial charge in [0.15, 0.2) is 0 Å². The maximum atomic E-state index is 13.3. The molecule has 7 unspecified atom stereocenters. The van der Waals surface area contributed by atoms with Crippen molar-refractivity contribution < 1.29 is 62.7 Å². The summed E-state index contributed by atoms with van der Waals surface area (Å²) < 4.78 is 15.8. The molecule has 0 bridgehead atoms. The molecule has 12 N–H and O–H groups in total. The highest BCUT2D eigenvalue weighted by molar-refractivity contribution is 7.46. The Morgan fingerprint density at radius 3 is 1.69 bits per heavy atom. The van der Waals surface area contributed by atoms with E-state index < -0.39 is 118 Å². The van der Waals surface area contributed by atoms with Gasteiger partial charge in [-0.1, -0.05) is 40.5 Å². The number of aliphatic carboxylic acids is 2. The van der Waals surface area contributed by atoms with E-state index in [0.717, 1.165) is 0 Å². The number of carboxylic acid groups (broad SMARTS) is 2. The minimum atomic E-state index is -5.20. The van der Waals surface area contributed by atoms with E-state index in [1.165, 1.54) is 0 Å². The Bertz CT molecular complexity index is 1120. The van der Waals surface area contributed by atoms with E-state index in [2.05, 4.69) is 25.8 Å². The molecule has 45 heavy (non-hydrogen) atoms. The second-order valence-electron chi connectivity index (χ2n) is 10.5. The summed E-state index contributed by atoms with van der Waals surface area (Å²) in [6.45, 7) is 5.77. The summed E-state index contributed by atoms with van der Waals surface area (Å²) >= 11 is 0. The van der Waals surface area contributed by atoms with Gasteiger partial charge in [0.05, 0.1) is 12.6 Å². The van der Waals surface area contributed by atoms with E-state index in [4.69, 9.17) is 16.6 Å². The highest BCUT2D eigenvalue weighted by atomic mass is 31.2. The Morgan fingerprint density at radius 2 is 1.22 bits per heavy atom. The molecule has 0 aliphatic rings. The van der Waals surface area contributed by atoms with Crippen LogP contribution in [0.3, 0.4) is 0 Å². The molecule has 0 aliphatic carbocycles. The Kier molecular flexibility index (Phi) is 18.1. The van der Waals surface area contributed by atoms with Gasteiger partial charge in [0.2, 0.25) is 29.5 Å². The van der Waals surface area contributed by atoms with Crippen LogP contribution in [-0.4, -0.2) is 98.3 Å². The number of carbonyl (C=O) groups is 7. The van der Waals surface area contributed by atoms with Gasteiger partial charge in [-0.25, -0.2) is 9.36 Å². The lowest BCUT2D eigenvalue weighted by molar-refractivity contribution is -0.143. The van der Waals surface area contributed by atoms with E-state index in [-0.39, 0.29) is 5.92 Å². The van der Waals surface area contributed by atoms with Gasteiger partial charge < -0.3 is 52.7 Å². The Morgan fingerprint density at radius 1 is 0.733 bits per heavy atom. The number of amides is 5. The van der Waals surface area contributed by atoms with Crippen LogP contribution in [0.2, 0.25) is 0 Å². The lowest BCUT2D eigenvalue weighted by atomic mass is 9.95. The lowest BCUT2D eigenvalue weighted by Crippen LogP contribution is -2.60. The zero-order valence-electron chi connectivity index (χ0n) is 25.6.